The minimum atomic E-state index is -4.34. The molecule has 3 aromatic rings. The van der Waals surface area contributed by atoms with Gasteiger partial charge in [-0.1, -0.05) is 29.4 Å². The number of rotatable bonds is 13. The Morgan fingerprint density at radius 1 is 0.978 bits per heavy atom. The maximum absolute atomic E-state index is 13.2. The van der Waals surface area contributed by atoms with Crippen molar-refractivity contribution in [1.29, 1.82) is 0 Å². The molecule has 2 aliphatic rings. The second-order valence-corrected chi connectivity index (χ2v) is 10.9. The SMILES string of the molecule is COCCCC/C(=N\OCCN)c1ccc(C(F)(F)F)cc1.Fc1ccc([C@@H]2CCNC[C@H]2COc2ccc3c(c2)OCO3)cc1. The number of ether oxygens (including phenoxy) is 4. The predicted molar refractivity (Wildman–Crippen MR) is 167 cm³/mol. The van der Waals surface area contributed by atoms with Crippen LogP contribution in [0.15, 0.2) is 71.9 Å². The summed E-state index contributed by atoms with van der Waals surface area (Å²) in [4.78, 5) is 5.06. The lowest BCUT2D eigenvalue weighted by atomic mass is 9.81. The summed E-state index contributed by atoms with van der Waals surface area (Å²) >= 11 is 0. The van der Waals surface area contributed by atoms with Crippen LogP contribution in [-0.2, 0) is 15.8 Å². The van der Waals surface area contributed by atoms with Gasteiger partial charge in [-0.15, -0.1) is 0 Å². The summed E-state index contributed by atoms with van der Waals surface area (Å²) in [6.07, 6.45) is -1.07. The lowest BCUT2D eigenvalue weighted by Crippen LogP contribution is -2.38. The lowest BCUT2D eigenvalue weighted by molar-refractivity contribution is -0.137. The number of hydrogen-bond donors (Lipinski definition) is 2. The van der Waals surface area contributed by atoms with Crippen molar-refractivity contribution in [3.63, 3.8) is 0 Å². The van der Waals surface area contributed by atoms with Gasteiger partial charge in [0, 0.05) is 38.8 Å². The van der Waals surface area contributed by atoms with E-state index in [9.17, 15) is 17.6 Å². The third-order valence-electron chi connectivity index (χ3n) is 7.66. The molecule has 8 nitrogen and oxygen atoms in total. The summed E-state index contributed by atoms with van der Waals surface area (Å²) in [7, 11) is 1.62. The smallest absolute Gasteiger partial charge is 0.416 e. The first-order valence-corrected chi connectivity index (χ1v) is 15.3. The largest absolute Gasteiger partial charge is 0.493 e. The van der Waals surface area contributed by atoms with Gasteiger partial charge in [0.05, 0.1) is 17.9 Å². The summed E-state index contributed by atoms with van der Waals surface area (Å²) in [6.45, 7) is 3.96. The van der Waals surface area contributed by atoms with E-state index in [-0.39, 0.29) is 19.2 Å². The second-order valence-electron chi connectivity index (χ2n) is 10.9. The van der Waals surface area contributed by atoms with Gasteiger partial charge < -0.3 is 34.8 Å². The van der Waals surface area contributed by atoms with Crippen molar-refractivity contribution >= 4 is 5.71 Å². The number of hydrogen-bond acceptors (Lipinski definition) is 8. The third kappa shape index (κ3) is 10.6. The third-order valence-corrected chi connectivity index (χ3v) is 7.66. The van der Waals surface area contributed by atoms with Crippen molar-refractivity contribution in [2.45, 2.75) is 37.8 Å². The summed E-state index contributed by atoms with van der Waals surface area (Å²) in [6, 6.07) is 17.4. The number of unbranched alkanes of at least 4 members (excludes halogenated alkanes) is 1. The highest BCUT2D eigenvalue weighted by atomic mass is 19.4. The van der Waals surface area contributed by atoms with Gasteiger partial charge in [-0.2, -0.15) is 13.2 Å². The van der Waals surface area contributed by atoms with Crippen LogP contribution in [0.1, 0.15) is 48.3 Å². The molecule has 0 spiro atoms. The van der Waals surface area contributed by atoms with Crippen LogP contribution >= 0.6 is 0 Å². The molecule has 1 fully saturated rings. The Bertz CT molecular complexity index is 1370. The Kier molecular flexibility index (Phi) is 13.5. The number of nitrogens with one attached hydrogen (secondary N) is 1. The van der Waals surface area contributed by atoms with Gasteiger partial charge in [0.25, 0.3) is 0 Å². The molecule has 3 aromatic carbocycles. The van der Waals surface area contributed by atoms with E-state index in [4.69, 9.17) is 29.5 Å². The van der Waals surface area contributed by atoms with Gasteiger partial charge in [-0.3, -0.25) is 0 Å². The first-order valence-electron chi connectivity index (χ1n) is 15.3. The van der Waals surface area contributed by atoms with Crippen molar-refractivity contribution in [3.8, 4) is 17.2 Å². The second kappa shape index (κ2) is 17.7. The fourth-order valence-corrected chi connectivity index (χ4v) is 5.23. The highest BCUT2D eigenvalue weighted by Crippen LogP contribution is 2.36. The number of nitrogens with zero attached hydrogens (tertiary/aromatic N) is 1. The maximum atomic E-state index is 13.2. The van der Waals surface area contributed by atoms with Crippen LogP contribution in [0.5, 0.6) is 17.2 Å². The topological polar surface area (TPSA) is 96.6 Å². The molecule has 0 aromatic heterocycles. The van der Waals surface area contributed by atoms with Crippen LogP contribution in [0.3, 0.4) is 0 Å². The summed E-state index contributed by atoms with van der Waals surface area (Å²) < 4.78 is 72.6. The quantitative estimate of drug-likeness (QED) is 0.0943. The molecule has 5 rings (SSSR count). The molecule has 0 saturated carbocycles. The Morgan fingerprint density at radius 2 is 1.74 bits per heavy atom. The van der Waals surface area contributed by atoms with Gasteiger partial charge in [0.15, 0.2) is 11.5 Å². The van der Waals surface area contributed by atoms with Gasteiger partial charge >= 0.3 is 6.18 Å². The zero-order valence-corrected chi connectivity index (χ0v) is 25.9. The number of methoxy groups -OCH3 is 1. The fraction of sp³-hybridized carbons (Fsp3) is 0.441. The molecular formula is C34H41F4N3O5. The van der Waals surface area contributed by atoms with E-state index in [0.717, 1.165) is 61.7 Å². The average Bonchev–Trinajstić information content (AvgIpc) is 3.54. The number of alkyl halides is 3. The monoisotopic (exact) mass is 647 g/mol. The normalized spacial score (nSPS) is 17.7. The minimum Gasteiger partial charge on any atom is -0.493 e. The molecule has 2 aliphatic heterocycles. The highest BCUT2D eigenvalue weighted by Gasteiger charge is 2.30. The summed E-state index contributed by atoms with van der Waals surface area (Å²) in [5.41, 5.74) is 7.04. The van der Waals surface area contributed by atoms with Crippen LogP contribution in [0.2, 0.25) is 0 Å². The Balaban J connectivity index is 0.000000210. The molecule has 0 radical (unpaired) electrons. The lowest BCUT2D eigenvalue weighted by Gasteiger charge is -2.32. The average molecular weight is 648 g/mol. The fourth-order valence-electron chi connectivity index (χ4n) is 5.23. The standard InChI is InChI=1S/C19H20FNO3.C15H21F3N2O2/c20-15-3-1-13(2-4-15)17-7-8-21-10-14(17)11-22-16-5-6-18-19(9-16)24-12-23-18;1-21-10-3-2-4-14(20-22-11-9-19)12-5-7-13(8-6-12)15(16,17)18/h1-6,9,14,17,21H,7-8,10-12H2;5-8H,2-4,9-11,19H2,1H3/b;20-14+/t14-,17-;/m0./s1. The van der Waals surface area contributed by atoms with Crippen molar-refractivity contribution in [2.24, 2.45) is 16.8 Å². The van der Waals surface area contributed by atoms with Crippen molar-refractivity contribution in [3.05, 3.63) is 89.2 Å². The molecule has 250 valence electrons. The number of piperidine rings is 1. The highest BCUT2D eigenvalue weighted by molar-refractivity contribution is 6.00. The minimum absolute atomic E-state index is 0.194. The van der Waals surface area contributed by atoms with Crippen LogP contribution in [-0.4, -0.2) is 59.1 Å². The van der Waals surface area contributed by atoms with Crippen LogP contribution in [0, 0.1) is 11.7 Å². The van der Waals surface area contributed by atoms with Crippen molar-refractivity contribution in [2.75, 3.05) is 53.4 Å². The van der Waals surface area contributed by atoms with Gasteiger partial charge in [0.2, 0.25) is 6.79 Å². The first-order chi connectivity index (χ1) is 22.3. The molecule has 2 heterocycles. The number of benzene rings is 3. The molecule has 0 bridgehead atoms. The number of nitrogens with two attached hydrogens (primary N) is 1. The van der Waals surface area contributed by atoms with Crippen LogP contribution < -0.4 is 25.3 Å². The predicted octanol–water partition coefficient (Wildman–Crippen LogP) is 6.53. The molecule has 0 amide bonds. The van der Waals surface area contributed by atoms with E-state index in [2.05, 4.69) is 10.5 Å². The van der Waals surface area contributed by atoms with Gasteiger partial charge in [-0.25, -0.2) is 4.39 Å². The summed E-state index contributed by atoms with van der Waals surface area (Å²) in [5.74, 6) is 2.79. The Labute approximate surface area is 266 Å². The molecule has 12 heteroatoms. The first kappa shape index (κ1) is 35.0. The zero-order chi connectivity index (χ0) is 32.8. The molecular weight excluding hydrogens is 606 g/mol. The Hall–Kier alpha value is -3.87. The van der Waals surface area contributed by atoms with E-state index < -0.39 is 11.7 Å². The number of halogens is 4. The van der Waals surface area contributed by atoms with Crippen LogP contribution in [0.25, 0.3) is 0 Å². The molecule has 0 aliphatic carbocycles. The van der Waals surface area contributed by atoms with E-state index >= 15 is 0 Å². The van der Waals surface area contributed by atoms with Crippen LogP contribution in [0.4, 0.5) is 17.6 Å². The summed E-state index contributed by atoms with van der Waals surface area (Å²) in [5, 5.41) is 7.41. The molecule has 1 saturated heterocycles. The Morgan fingerprint density at radius 3 is 2.46 bits per heavy atom. The molecule has 0 unspecified atom stereocenters. The van der Waals surface area contributed by atoms with E-state index in [0.29, 0.717) is 49.3 Å². The molecule has 3 N–H and O–H groups in total. The number of oxime groups is 1. The van der Waals surface area contributed by atoms with E-state index in [1.54, 1.807) is 7.11 Å². The molecule has 46 heavy (non-hydrogen) atoms. The maximum Gasteiger partial charge on any atom is 0.416 e. The van der Waals surface area contributed by atoms with E-state index in [1.807, 2.05) is 30.3 Å². The zero-order valence-electron chi connectivity index (χ0n) is 25.9. The van der Waals surface area contributed by atoms with Crippen molar-refractivity contribution < 1.29 is 41.3 Å². The van der Waals surface area contributed by atoms with Gasteiger partial charge in [-0.05, 0) is 85.7 Å². The van der Waals surface area contributed by atoms with E-state index in [1.165, 1.54) is 29.8 Å². The van der Waals surface area contributed by atoms with Crippen molar-refractivity contribution in [1.82, 2.24) is 5.32 Å². The molecule has 2 atom stereocenters. The van der Waals surface area contributed by atoms with Gasteiger partial charge in [0.1, 0.15) is 18.2 Å². The number of fused-ring (bicyclic) bond motifs is 1.